The summed E-state index contributed by atoms with van der Waals surface area (Å²) in [7, 11) is 0. The van der Waals surface area contributed by atoms with Crippen molar-refractivity contribution in [1.29, 1.82) is 0 Å². The van der Waals surface area contributed by atoms with E-state index in [1.807, 2.05) is 11.4 Å². The van der Waals surface area contributed by atoms with Crippen LogP contribution in [-0.2, 0) is 5.54 Å². The van der Waals surface area contributed by atoms with E-state index in [1.165, 1.54) is 24.1 Å². The van der Waals surface area contributed by atoms with Gasteiger partial charge in [-0.05, 0) is 36.6 Å². The molecule has 0 aromatic carbocycles. The molecule has 1 nitrogen and oxygen atoms in total. The quantitative estimate of drug-likeness (QED) is 0.737. The molecule has 1 saturated carbocycles. The van der Waals surface area contributed by atoms with Crippen LogP contribution in [0.25, 0.3) is 0 Å². The summed E-state index contributed by atoms with van der Waals surface area (Å²) in [4.78, 5) is 1.19. The normalized spacial score (nSPS) is 32.6. The van der Waals surface area contributed by atoms with Crippen molar-refractivity contribution in [3.8, 4) is 0 Å². The lowest BCUT2D eigenvalue weighted by molar-refractivity contribution is 0.385. The van der Waals surface area contributed by atoms with Gasteiger partial charge in [-0.3, -0.25) is 0 Å². The molecule has 2 atom stereocenters. The van der Waals surface area contributed by atoms with Crippen LogP contribution in [0.1, 0.15) is 43.9 Å². The molecule has 15 heavy (non-hydrogen) atoms. The Balaban J connectivity index is 2.22. The fourth-order valence-corrected chi connectivity index (χ4v) is 3.83. The predicted octanol–water partition coefficient (Wildman–Crippen LogP) is 4.16. The Labute approximate surface area is 101 Å². The molecule has 0 spiro atoms. The molecule has 0 amide bonds. The zero-order valence-electron chi connectivity index (χ0n) is 9.13. The van der Waals surface area contributed by atoms with E-state index < -0.39 is 0 Å². The smallest absolute Gasteiger partial charge is 0.0564 e. The van der Waals surface area contributed by atoms with E-state index >= 15 is 0 Å². The van der Waals surface area contributed by atoms with E-state index in [0.29, 0.717) is 0 Å². The molecule has 1 heterocycles. The first kappa shape index (κ1) is 11.4. The SMILES string of the molecule is CC1CCCC(N)(c2sccc2Cl)CC1. The number of nitrogens with two attached hydrogens (primary N) is 1. The Bertz CT molecular complexity index is 336. The summed E-state index contributed by atoms with van der Waals surface area (Å²) in [6.45, 7) is 2.32. The molecule has 0 radical (unpaired) electrons. The lowest BCUT2D eigenvalue weighted by atomic mass is 9.89. The van der Waals surface area contributed by atoms with Gasteiger partial charge in [-0.15, -0.1) is 11.3 Å². The summed E-state index contributed by atoms with van der Waals surface area (Å²) in [6, 6.07) is 1.96. The largest absolute Gasteiger partial charge is 0.321 e. The van der Waals surface area contributed by atoms with Crippen LogP contribution < -0.4 is 5.73 Å². The van der Waals surface area contributed by atoms with Crippen molar-refractivity contribution in [2.24, 2.45) is 11.7 Å². The molecule has 0 saturated heterocycles. The third kappa shape index (κ3) is 2.38. The Morgan fingerprint density at radius 2 is 2.27 bits per heavy atom. The van der Waals surface area contributed by atoms with Crippen LogP contribution in [0.15, 0.2) is 11.4 Å². The number of hydrogen-bond donors (Lipinski definition) is 1. The molecule has 1 aromatic rings. The highest BCUT2D eigenvalue weighted by atomic mass is 35.5. The molecule has 1 aromatic heterocycles. The fourth-order valence-electron chi connectivity index (χ4n) is 2.42. The first-order chi connectivity index (χ1) is 7.12. The zero-order chi connectivity index (χ0) is 10.9. The number of halogens is 1. The molecule has 3 heteroatoms. The Kier molecular flexibility index (Phi) is 3.39. The molecule has 1 aliphatic rings. The van der Waals surface area contributed by atoms with Gasteiger partial charge in [-0.1, -0.05) is 31.4 Å². The predicted molar refractivity (Wildman–Crippen MR) is 67.4 cm³/mol. The average molecular weight is 244 g/mol. The lowest BCUT2D eigenvalue weighted by Crippen LogP contribution is -2.35. The van der Waals surface area contributed by atoms with E-state index in [0.717, 1.165) is 23.8 Å². The van der Waals surface area contributed by atoms with Crippen molar-refractivity contribution >= 4 is 22.9 Å². The van der Waals surface area contributed by atoms with Gasteiger partial charge in [0.05, 0.1) is 10.6 Å². The van der Waals surface area contributed by atoms with Crippen LogP contribution in [-0.4, -0.2) is 0 Å². The maximum absolute atomic E-state index is 6.51. The first-order valence-electron chi connectivity index (χ1n) is 5.64. The number of thiophene rings is 1. The molecule has 2 N–H and O–H groups in total. The highest BCUT2D eigenvalue weighted by Gasteiger charge is 2.32. The van der Waals surface area contributed by atoms with E-state index in [1.54, 1.807) is 11.3 Å². The van der Waals surface area contributed by atoms with Crippen LogP contribution in [0.5, 0.6) is 0 Å². The molecule has 1 fully saturated rings. The Morgan fingerprint density at radius 1 is 1.47 bits per heavy atom. The van der Waals surface area contributed by atoms with Crippen LogP contribution in [0, 0.1) is 5.92 Å². The van der Waals surface area contributed by atoms with Crippen molar-refractivity contribution in [2.45, 2.75) is 44.6 Å². The van der Waals surface area contributed by atoms with Crippen LogP contribution in [0.3, 0.4) is 0 Å². The van der Waals surface area contributed by atoms with Gasteiger partial charge in [0.15, 0.2) is 0 Å². The Morgan fingerprint density at radius 3 is 2.93 bits per heavy atom. The van der Waals surface area contributed by atoms with E-state index in [2.05, 4.69) is 6.92 Å². The molecule has 2 rings (SSSR count). The maximum atomic E-state index is 6.51. The van der Waals surface area contributed by atoms with Crippen LogP contribution in [0.2, 0.25) is 5.02 Å². The molecule has 0 aliphatic heterocycles. The second kappa shape index (κ2) is 4.44. The average Bonchev–Trinajstić information content (AvgIpc) is 2.55. The number of rotatable bonds is 1. The van der Waals surface area contributed by atoms with Gasteiger partial charge in [0, 0.05) is 4.88 Å². The summed E-state index contributed by atoms with van der Waals surface area (Å²) < 4.78 is 0. The second-order valence-corrected chi connectivity index (χ2v) is 6.11. The van der Waals surface area contributed by atoms with Crippen molar-refractivity contribution < 1.29 is 0 Å². The highest BCUT2D eigenvalue weighted by molar-refractivity contribution is 7.10. The van der Waals surface area contributed by atoms with Crippen molar-refractivity contribution in [2.75, 3.05) is 0 Å². The standard InChI is InChI=1S/C12H18ClNS/c1-9-3-2-6-12(14,7-4-9)11-10(13)5-8-15-11/h5,8-9H,2-4,6-7,14H2,1H3. The Hall–Kier alpha value is -0.0500. The minimum atomic E-state index is -0.157. The second-order valence-electron chi connectivity index (χ2n) is 4.79. The fraction of sp³-hybridized carbons (Fsp3) is 0.667. The van der Waals surface area contributed by atoms with Gasteiger partial charge in [0.1, 0.15) is 0 Å². The van der Waals surface area contributed by atoms with E-state index in [-0.39, 0.29) is 5.54 Å². The van der Waals surface area contributed by atoms with Gasteiger partial charge >= 0.3 is 0 Å². The van der Waals surface area contributed by atoms with Gasteiger partial charge in [0.25, 0.3) is 0 Å². The van der Waals surface area contributed by atoms with Crippen molar-refractivity contribution in [1.82, 2.24) is 0 Å². The summed E-state index contributed by atoms with van der Waals surface area (Å²) in [5.74, 6) is 0.814. The van der Waals surface area contributed by atoms with Crippen molar-refractivity contribution in [3.63, 3.8) is 0 Å². The lowest BCUT2D eigenvalue weighted by Gasteiger charge is -2.27. The molecule has 84 valence electrons. The first-order valence-corrected chi connectivity index (χ1v) is 6.90. The van der Waals surface area contributed by atoms with E-state index in [4.69, 9.17) is 17.3 Å². The monoisotopic (exact) mass is 243 g/mol. The van der Waals surface area contributed by atoms with Gasteiger partial charge < -0.3 is 5.73 Å². The molecule has 0 bridgehead atoms. The summed E-state index contributed by atoms with van der Waals surface area (Å²) >= 11 is 7.89. The van der Waals surface area contributed by atoms with Crippen molar-refractivity contribution in [3.05, 3.63) is 21.3 Å². The molecule has 2 unspecified atom stereocenters. The molecular formula is C12H18ClNS. The molecular weight excluding hydrogens is 226 g/mol. The number of hydrogen-bond acceptors (Lipinski definition) is 2. The minimum absolute atomic E-state index is 0.157. The van der Waals surface area contributed by atoms with E-state index in [9.17, 15) is 0 Å². The van der Waals surface area contributed by atoms with Gasteiger partial charge in [-0.25, -0.2) is 0 Å². The maximum Gasteiger partial charge on any atom is 0.0564 e. The minimum Gasteiger partial charge on any atom is -0.321 e. The topological polar surface area (TPSA) is 26.0 Å². The van der Waals surface area contributed by atoms with Crippen LogP contribution >= 0.6 is 22.9 Å². The van der Waals surface area contributed by atoms with Gasteiger partial charge in [0.2, 0.25) is 0 Å². The zero-order valence-corrected chi connectivity index (χ0v) is 10.7. The third-order valence-corrected chi connectivity index (χ3v) is 5.03. The van der Waals surface area contributed by atoms with Crippen LogP contribution in [0.4, 0.5) is 0 Å². The van der Waals surface area contributed by atoms with Gasteiger partial charge in [-0.2, -0.15) is 0 Å². The summed E-state index contributed by atoms with van der Waals surface area (Å²) in [5.41, 5.74) is 6.36. The summed E-state index contributed by atoms with van der Waals surface area (Å²) in [6.07, 6.45) is 5.92. The highest BCUT2D eigenvalue weighted by Crippen LogP contribution is 2.41. The summed E-state index contributed by atoms with van der Waals surface area (Å²) in [5, 5.41) is 2.90. The third-order valence-electron chi connectivity index (χ3n) is 3.47. The molecule has 1 aliphatic carbocycles.